The summed E-state index contributed by atoms with van der Waals surface area (Å²) >= 11 is 0. The van der Waals surface area contributed by atoms with Gasteiger partial charge in [0.25, 0.3) is 0 Å². The molecule has 2 nitrogen and oxygen atoms in total. The molecule has 0 unspecified atom stereocenters. The lowest BCUT2D eigenvalue weighted by atomic mass is 10.1. The highest BCUT2D eigenvalue weighted by atomic mass is 15.1. The lowest BCUT2D eigenvalue weighted by Crippen LogP contribution is -2.18. The summed E-state index contributed by atoms with van der Waals surface area (Å²) in [6, 6.07) is 0. The monoisotopic (exact) mass is 186 g/mol. The smallest absolute Gasteiger partial charge is 0.00219 e. The molecule has 0 fully saturated rings. The number of nitrogens with two attached hydrogens (primary N) is 1. The second kappa shape index (κ2) is 10.0. The summed E-state index contributed by atoms with van der Waals surface area (Å²) in [5, 5.41) is 0. The van der Waals surface area contributed by atoms with Gasteiger partial charge in [-0.05, 0) is 39.5 Å². The van der Waals surface area contributed by atoms with Gasteiger partial charge >= 0.3 is 0 Å². The molecule has 0 aromatic carbocycles. The van der Waals surface area contributed by atoms with Crippen molar-refractivity contribution < 1.29 is 0 Å². The molecule has 0 saturated heterocycles. The van der Waals surface area contributed by atoms with Crippen molar-refractivity contribution in [1.82, 2.24) is 4.90 Å². The second-order valence-electron chi connectivity index (χ2n) is 3.81. The van der Waals surface area contributed by atoms with Crippen LogP contribution in [0.4, 0.5) is 0 Å². The van der Waals surface area contributed by atoms with E-state index in [4.69, 9.17) is 5.73 Å². The van der Waals surface area contributed by atoms with E-state index >= 15 is 0 Å². The Hall–Kier alpha value is -0.0800. The largest absolute Gasteiger partial charge is 0.330 e. The van der Waals surface area contributed by atoms with Crippen molar-refractivity contribution in [2.45, 2.75) is 45.4 Å². The van der Waals surface area contributed by atoms with Crippen LogP contribution >= 0.6 is 0 Å². The molecule has 0 aromatic heterocycles. The Morgan fingerprint density at radius 2 is 1.46 bits per heavy atom. The molecule has 2 N–H and O–H groups in total. The Morgan fingerprint density at radius 1 is 0.923 bits per heavy atom. The van der Waals surface area contributed by atoms with Crippen molar-refractivity contribution in [2.75, 3.05) is 26.7 Å². The number of hydrogen-bond acceptors (Lipinski definition) is 2. The zero-order valence-corrected chi connectivity index (χ0v) is 9.39. The Labute approximate surface area is 83.5 Å². The molecule has 0 atom stereocenters. The van der Waals surface area contributed by atoms with Crippen molar-refractivity contribution in [1.29, 1.82) is 0 Å². The zero-order valence-electron chi connectivity index (χ0n) is 9.39. The fraction of sp³-hybridized carbons (Fsp3) is 1.00. The lowest BCUT2D eigenvalue weighted by Gasteiger charge is -2.12. The van der Waals surface area contributed by atoms with Gasteiger partial charge in [-0.15, -0.1) is 0 Å². The van der Waals surface area contributed by atoms with Crippen molar-refractivity contribution in [3.05, 3.63) is 0 Å². The standard InChI is InChI=1S/C11H26N2/c1-3-13(2)11-9-7-5-4-6-8-10-12/h3-12H2,1-2H3. The van der Waals surface area contributed by atoms with E-state index in [0.717, 1.165) is 6.54 Å². The predicted octanol–water partition coefficient (Wildman–Crippen LogP) is 2.24. The summed E-state index contributed by atoms with van der Waals surface area (Å²) in [5.41, 5.74) is 5.42. The van der Waals surface area contributed by atoms with Crippen LogP contribution in [0.15, 0.2) is 0 Å². The van der Waals surface area contributed by atoms with E-state index in [1.807, 2.05) is 0 Å². The summed E-state index contributed by atoms with van der Waals surface area (Å²) in [7, 11) is 2.19. The summed E-state index contributed by atoms with van der Waals surface area (Å²) in [4.78, 5) is 2.37. The molecule has 0 aliphatic carbocycles. The van der Waals surface area contributed by atoms with Gasteiger partial charge in [-0.25, -0.2) is 0 Å². The fourth-order valence-electron chi connectivity index (χ4n) is 1.39. The van der Waals surface area contributed by atoms with Gasteiger partial charge in [-0.3, -0.25) is 0 Å². The molecular formula is C11H26N2. The Bertz CT molecular complexity index is 94.1. The molecule has 0 bridgehead atoms. The molecule has 0 aliphatic rings. The van der Waals surface area contributed by atoms with Crippen LogP contribution in [0.2, 0.25) is 0 Å². The molecule has 2 heteroatoms. The Morgan fingerprint density at radius 3 is 2.00 bits per heavy atom. The molecule has 80 valence electrons. The third kappa shape index (κ3) is 9.84. The Kier molecular flexibility index (Phi) is 9.94. The minimum atomic E-state index is 0.860. The minimum Gasteiger partial charge on any atom is -0.330 e. The van der Waals surface area contributed by atoms with E-state index in [1.165, 1.54) is 51.6 Å². The highest BCUT2D eigenvalue weighted by molar-refractivity contribution is 4.50. The van der Waals surface area contributed by atoms with E-state index in [-0.39, 0.29) is 0 Å². The van der Waals surface area contributed by atoms with Crippen LogP contribution in [0, 0.1) is 0 Å². The second-order valence-corrected chi connectivity index (χ2v) is 3.81. The number of unbranched alkanes of at least 4 members (excludes halogenated alkanes) is 5. The van der Waals surface area contributed by atoms with Gasteiger partial charge in [-0.1, -0.05) is 32.6 Å². The number of rotatable bonds is 9. The minimum absolute atomic E-state index is 0.860. The zero-order chi connectivity index (χ0) is 9.94. The molecule has 0 rings (SSSR count). The first-order valence-electron chi connectivity index (χ1n) is 5.70. The van der Waals surface area contributed by atoms with Crippen LogP contribution < -0.4 is 5.73 Å². The highest BCUT2D eigenvalue weighted by Gasteiger charge is 1.94. The van der Waals surface area contributed by atoms with Crippen LogP contribution in [0.3, 0.4) is 0 Å². The molecule has 0 heterocycles. The van der Waals surface area contributed by atoms with Gasteiger partial charge in [0.05, 0.1) is 0 Å². The quantitative estimate of drug-likeness (QED) is 0.560. The topological polar surface area (TPSA) is 29.3 Å². The molecule has 0 radical (unpaired) electrons. The molecule has 0 aliphatic heterocycles. The predicted molar refractivity (Wildman–Crippen MR) is 59.9 cm³/mol. The first kappa shape index (κ1) is 12.9. The first-order valence-corrected chi connectivity index (χ1v) is 5.70. The van der Waals surface area contributed by atoms with Gasteiger partial charge in [-0.2, -0.15) is 0 Å². The molecular weight excluding hydrogens is 160 g/mol. The number of nitrogens with zero attached hydrogens (tertiary/aromatic N) is 1. The van der Waals surface area contributed by atoms with Gasteiger partial charge in [0.15, 0.2) is 0 Å². The Balaban J connectivity index is 2.91. The van der Waals surface area contributed by atoms with Crippen LogP contribution in [-0.2, 0) is 0 Å². The summed E-state index contributed by atoms with van der Waals surface area (Å²) in [6.07, 6.45) is 8.02. The maximum Gasteiger partial charge on any atom is -0.00219 e. The van der Waals surface area contributed by atoms with E-state index in [0.29, 0.717) is 0 Å². The van der Waals surface area contributed by atoms with E-state index in [1.54, 1.807) is 0 Å². The average Bonchev–Trinajstić information content (AvgIpc) is 2.16. The van der Waals surface area contributed by atoms with Crippen LogP contribution in [0.5, 0.6) is 0 Å². The van der Waals surface area contributed by atoms with Gasteiger partial charge in [0.1, 0.15) is 0 Å². The van der Waals surface area contributed by atoms with Gasteiger partial charge in [0, 0.05) is 0 Å². The molecule has 0 aromatic rings. The number of hydrogen-bond donors (Lipinski definition) is 1. The average molecular weight is 186 g/mol. The van der Waals surface area contributed by atoms with Crippen molar-refractivity contribution >= 4 is 0 Å². The SMILES string of the molecule is CCN(C)CCCCCCCCN. The van der Waals surface area contributed by atoms with Crippen LogP contribution in [0.25, 0.3) is 0 Å². The van der Waals surface area contributed by atoms with Crippen molar-refractivity contribution in [3.8, 4) is 0 Å². The van der Waals surface area contributed by atoms with Gasteiger partial charge in [0.2, 0.25) is 0 Å². The van der Waals surface area contributed by atoms with Crippen LogP contribution in [-0.4, -0.2) is 31.6 Å². The van der Waals surface area contributed by atoms with Crippen molar-refractivity contribution in [2.24, 2.45) is 5.73 Å². The molecule has 0 saturated carbocycles. The highest BCUT2D eigenvalue weighted by Crippen LogP contribution is 2.04. The first-order chi connectivity index (χ1) is 6.31. The summed E-state index contributed by atoms with van der Waals surface area (Å²) in [6.45, 7) is 5.50. The maximum absolute atomic E-state index is 5.42. The third-order valence-corrected chi connectivity index (χ3v) is 2.53. The van der Waals surface area contributed by atoms with Gasteiger partial charge < -0.3 is 10.6 Å². The maximum atomic E-state index is 5.42. The lowest BCUT2D eigenvalue weighted by molar-refractivity contribution is 0.340. The van der Waals surface area contributed by atoms with Crippen molar-refractivity contribution in [3.63, 3.8) is 0 Å². The van der Waals surface area contributed by atoms with E-state index in [9.17, 15) is 0 Å². The third-order valence-electron chi connectivity index (χ3n) is 2.53. The fourth-order valence-corrected chi connectivity index (χ4v) is 1.39. The molecule has 0 amide bonds. The normalized spacial score (nSPS) is 11.1. The molecule has 13 heavy (non-hydrogen) atoms. The molecule has 0 spiro atoms. The van der Waals surface area contributed by atoms with E-state index in [2.05, 4.69) is 18.9 Å². The van der Waals surface area contributed by atoms with E-state index < -0.39 is 0 Å². The van der Waals surface area contributed by atoms with Crippen LogP contribution in [0.1, 0.15) is 45.4 Å². The summed E-state index contributed by atoms with van der Waals surface area (Å²) in [5.74, 6) is 0. The summed E-state index contributed by atoms with van der Waals surface area (Å²) < 4.78 is 0.